The smallest absolute Gasteiger partial charge is 0.231 e. The Bertz CT molecular complexity index is 1300. The molecule has 0 fully saturated rings. The normalized spacial score (nSPS) is 14.7. The number of para-hydroxylation sites is 2. The number of ether oxygens (including phenoxy) is 2. The van der Waals surface area contributed by atoms with Crippen LogP contribution in [0.4, 0.5) is 5.69 Å². The van der Waals surface area contributed by atoms with Crippen LogP contribution in [0.25, 0.3) is 0 Å². The van der Waals surface area contributed by atoms with Crippen LogP contribution in [-0.2, 0) is 24.0 Å². The van der Waals surface area contributed by atoms with Gasteiger partial charge in [0.05, 0.1) is 12.1 Å². The summed E-state index contributed by atoms with van der Waals surface area (Å²) < 4.78 is 13.8. The van der Waals surface area contributed by atoms with Crippen molar-refractivity contribution in [3.8, 4) is 11.5 Å². The van der Waals surface area contributed by atoms with E-state index in [9.17, 15) is 4.79 Å². The van der Waals surface area contributed by atoms with Gasteiger partial charge in [-0.25, -0.2) is 4.98 Å². The number of hydrogen-bond donors (Lipinski definition) is 1. The number of amides is 1. The molecule has 2 aromatic heterocycles. The zero-order chi connectivity index (χ0) is 23.5. The Balaban J connectivity index is 1.16. The number of rotatable bonds is 7. The number of thiazole rings is 1. The van der Waals surface area contributed by atoms with Crippen LogP contribution in [0.1, 0.15) is 28.2 Å². The summed E-state index contributed by atoms with van der Waals surface area (Å²) in [4.78, 5) is 16.9. The Morgan fingerprint density at radius 1 is 1.18 bits per heavy atom. The molecule has 0 spiro atoms. The van der Waals surface area contributed by atoms with Gasteiger partial charge in [0, 0.05) is 23.9 Å². The number of aryl methyl sites for hydroxylation is 1. The summed E-state index contributed by atoms with van der Waals surface area (Å²) >= 11 is 3.03. The fraction of sp³-hybridized carbons (Fsp3) is 0.250. The molecule has 0 saturated carbocycles. The quantitative estimate of drug-likeness (QED) is 0.377. The van der Waals surface area contributed by atoms with Crippen molar-refractivity contribution in [2.24, 2.45) is 7.05 Å². The van der Waals surface area contributed by atoms with Crippen LogP contribution in [0, 0.1) is 6.92 Å². The number of nitrogens with zero attached hydrogens (tertiary/aromatic N) is 4. The van der Waals surface area contributed by atoms with Gasteiger partial charge in [0.15, 0.2) is 28.6 Å². The minimum atomic E-state index is -0.320. The maximum Gasteiger partial charge on any atom is 0.231 e. The number of aromatic nitrogens is 4. The number of carbonyl (C=O) groups excluding carboxylic acids is 1. The van der Waals surface area contributed by atoms with E-state index in [2.05, 4.69) is 20.5 Å². The number of thioether (sulfide) groups is 1. The van der Waals surface area contributed by atoms with Gasteiger partial charge in [0.1, 0.15) is 11.6 Å². The number of anilines is 1. The van der Waals surface area contributed by atoms with Gasteiger partial charge in [0.2, 0.25) is 5.91 Å². The molecular formula is C24H23N5O3S2. The molecule has 1 N–H and O–H groups in total. The van der Waals surface area contributed by atoms with Gasteiger partial charge in [-0.3, -0.25) is 4.79 Å². The molecule has 1 aliphatic heterocycles. The van der Waals surface area contributed by atoms with Crippen molar-refractivity contribution in [2.75, 3.05) is 11.9 Å². The van der Waals surface area contributed by atoms with Gasteiger partial charge in [-0.15, -0.1) is 21.5 Å². The number of hydrogen-bond acceptors (Lipinski definition) is 8. The molecule has 3 heterocycles. The molecule has 0 saturated heterocycles. The average Bonchev–Trinajstić information content (AvgIpc) is 3.44. The molecule has 4 aromatic rings. The lowest BCUT2D eigenvalue weighted by atomic mass is 10.2. The van der Waals surface area contributed by atoms with Gasteiger partial charge in [-0.05, 0) is 31.2 Å². The van der Waals surface area contributed by atoms with Crippen molar-refractivity contribution in [3.63, 3.8) is 0 Å². The minimum Gasteiger partial charge on any atom is -0.485 e. The molecular weight excluding hydrogens is 470 g/mol. The number of fused-ring (bicyclic) bond motifs is 1. The highest BCUT2D eigenvalue weighted by Gasteiger charge is 2.27. The molecule has 8 nitrogen and oxygen atoms in total. The van der Waals surface area contributed by atoms with E-state index in [1.807, 2.05) is 72.4 Å². The molecule has 0 aliphatic carbocycles. The van der Waals surface area contributed by atoms with E-state index < -0.39 is 0 Å². The SMILES string of the molecule is Cc1ccc(NC(=O)Cc2nc(CSc3nnc([C@@H]4COc5ccccc5O4)n3C)cs2)cc1. The second-order valence-electron chi connectivity index (χ2n) is 7.88. The van der Waals surface area contributed by atoms with Crippen LogP contribution in [0.3, 0.4) is 0 Å². The van der Waals surface area contributed by atoms with E-state index in [1.165, 1.54) is 11.3 Å². The van der Waals surface area contributed by atoms with Crippen LogP contribution in [0.5, 0.6) is 11.5 Å². The van der Waals surface area contributed by atoms with Gasteiger partial charge in [-0.2, -0.15) is 0 Å². The minimum absolute atomic E-state index is 0.0772. The molecule has 0 unspecified atom stereocenters. The molecule has 1 aliphatic rings. The highest BCUT2D eigenvalue weighted by atomic mass is 32.2. The van der Waals surface area contributed by atoms with Crippen molar-refractivity contribution >= 4 is 34.7 Å². The highest BCUT2D eigenvalue weighted by molar-refractivity contribution is 7.98. The molecule has 0 radical (unpaired) electrons. The van der Waals surface area contributed by atoms with Gasteiger partial charge in [0.25, 0.3) is 0 Å². The zero-order valence-electron chi connectivity index (χ0n) is 18.7. The molecule has 34 heavy (non-hydrogen) atoms. The Labute approximate surface area is 205 Å². The van der Waals surface area contributed by atoms with Gasteiger partial charge < -0.3 is 19.4 Å². The number of carbonyl (C=O) groups is 1. The Morgan fingerprint density at radius 3 is 2.79 bits per heavy atom. The van der Waals surface area contributed by atoms with Crippen molar-refractivity contribution in [1.82, 2.24) is 19.7 Å². The fourth-order valence-corrected chi connectivity index (χ4v) is 5.20. The van der Waals surface area contributed by atoms with Gasteiger partial charge >= 0.3 is 0 Å². The molecule has 1 atom stereocenters. The third-order valence-corrected chi connectivity index (χ3v) is 7.21. The maximum atomic E-state index is 12.3. The number of nitrogens with one attached hydrogen (secondary N) is 1. The van der Waals surface area contributed by atoms with Crippen LogP contribution in [0.2, 0.25) is 0 Å². The lowest BCUT2D eigenvalue weighted by Crippen LogP contribution is -2.24. The fourth-order valence-electron chi connectivity index (χ4n) is 3.49. The van der Waals surface area contributed by atoms with E-state index in [-0.39, 0.29) is 18.4 Å². The average molecular weight is 494 g/mol. The van der Waals surface area contributed by atoms with Crippen LogP contribution < -0.4 is 14.8 Å². The topological polar surface area (TPSA) is 91.2 Å². The highest BCUT2D eigenvalue weighted by Crippen LogP contribution is 2.36. The summed E-state index contributed by atoms with van der Waals surface area (Å²) in [5.74, 6) is 2.71. The van der Waals surface area contributed by atoms with E-state index >= 15 is 0 Å². The lowest BCUT2D eigenvalue weighted by Gasteiger charge is -2.25. The van der Waals surface area contributed by atoms with Crippen molar-refractivity contribution < 1.29 is 14.3 Å². The Hall–Kier alpha value is -3.37. The molecule has 0 bridgehead atoms. The van der Waals surface area contributed by atoms with Crippen LogP contribution in [0.15, 0.2) is 59.1 Å². The van der Waals surface area contributed by atoms with Crippen LogP contribution in [-0.4, -0.2) is 32.3 Å². The summed E-state index contributed by atoms with van der Waals surface area (Å²) in [5, 5.41) is 15.1. The van der Waals surface area contributed by atoms with Crippen molar-refractivity contribution in [3.05, 3.63) is 76.0 Å². The largest absolute Gasteiger partial charge is 0.485 e. The standard InChI is InChI=1S/C24H23N5O3S2/c1-15-7-9-16(10-8-15)25-21(30)11-22-26-17(13-33-22)14-34-24-28-27-23(29(24)2)20-12-31-18-5-3-4-6-19(18)32-20/h3-10,13,20H,11-12,14H2,1-2H3,(H,25,30)/t20-/m0/s1. The third-order valence-electron chi connectivity index (χ3n) is 5.26. The first-order chi connectivity index (χ1) is 16.5. The summed E-state index contributed by atoms with van der Waals surface area (Å²) in [6.45, 7) is 2.40. The van der Waals surface area contributed by atoms with E-state index in [0.717, 1.165) is 32.9 Å². The zero-order valence-corrected chi connectivity index (χ0v) is 20.4. The second kappa shape index (κ2) is 9.86. The van der Waals surface area contributed by atoms with Crippen molar-refractivity contribution in [2.45, 2.75) is 30.4 Å². The van der Waals surface area contributed by atoms with E-state index in [1.54, 1.807) is 11.8 Å². The third kappa shape index (κ3) is 5.07. The van der Waals surface area contributed by atoms with E-state index in [4.69, 9.17) is 9.47 Å². The molecule has 10 heteroatoms. The maximum absolute atomic E-state index is 12.3. The van der Waals surface area contributed by atoms with Gasteiger partial charge in [-0.1, -0.05) is 41.6 Å². The summed E-state index contributed by atoms with van der Waals surface area (Å²) in [6.07, 6.45) is -0.0719. The summed E-state index contributed by atoms with van der Waals surface area (Å²) in [6, 6.07) is 15.3. The Morgan fingerprint density at radius 2 is 1.97 bits per heavy atom. The monoisotopic (exact) mass is 493 g/mol. The predicted molar refractivity (Wildman–Crippen MR) is 131 cm³/mol. The first-order valence-electron chi connectivity index (χ1n) is 10.8. The summed E-state index contributed by atoms with van der Waals surface area (Å²) in [5.41, 5.74) is 2.85. The molecule has 2 aromatic carbocycles. The molecule has 5 rings (SSSR count). The first kappa shape index (κ1) is 22.4. The molecule has 1 amide bonds. The van der Waals surface area contributed by atoms with Crippen molar-refractivity contribution in [1.29, 1.82) is 0 Å². The van der Waals surface area contributed by atoms with Crippen LogP contribution >= 0.6 is 23.1 Å². The molecule has 174 valence electrons. The van der Waals surface area contributed by atoms with E-state index in [0.29, 0.717) is 23.9 Å². The summed E-state index contributed by atoms with van der Waals surface area (Å²) in [7, 11) is 1.92. The predicted octanol–water partition coefficient (Wildman–Crippen LogP) is 4.57. The first-order valence-corrected chi connectivity index (χ1v) is 12.6. The lowest BCUT2D eigenvalue weighted by molar-refractivity contribution is -0.115. The second-order valence-corrected chi connectivity index (χ2v) is 9.76. The Kier molecular flexibility index (Phi) is 6.50. The number of benzene rings is 2.